The van der Waals surface area contributed by atoms with Gasteiger partial charge < -0.3 is 9.73 Å². The minimum atomic E-state index is -0.288. The molecule has 1 heterocycles. The summed E-state index contributed by atoms with van der Waals surface area (Å²) in [6.45, 7) is 0.415. The van der Waals surface area contributed by atoms with Crippen molar-refractivity contribution in [1.82, 2.24) is 15.5 Å². The van der Waals surface area contributed by atoms with E-state index in [9.17, 15) is 9.18 Å². The molecule has 0 spiro atoms. The second-order valence-corrected chi connectivity index (χ2v) is 5.60. The quantitative estimate of drug-likeness (QED) is 0.718. The van der Waals surface area contributed by atoms with Crippen LogP contribution in [0.1, 0.15) is 17.9 Å². The van der Waals surface area contributed by atoms with Crippen LogP contribution >= 0.6 is 0 Å². The van der Waals surface area contributed by atoms with Crippen LogP contribution in [0.4, 0.5) is 4.39 Å². The van der Waals surface area contributed by atoms with Crippen LogP contribution in [0.5, 0.6) is 0 Å². The number of aryl methyl sites for hydroxylation is 1. The summed E-state index contributed by atoms with van der Waals surface area (Å²) in [5, 5.41) is 10.8. The Hall–Kier alpha value is -3.02. The van der Waals surface area contributed by atoms with Crippen molar-refractivity contribution in [3.8, 4) is 11.5 Å². The van der Waals surface area contributed by atoms with Crippen LogP contribution in [0.3, 0.4) is 0 Å². The normalized spacial score (nSPS) is 10.6. The number of amides is 1. The Kier molecular flexibility index (Phi) is 5.51. The number of hydrogen-bond donors (Lipinski definition) is 1. The van der Waals surface area contributed by atoms with Gasteiger partial charge in [0.25, 0.3) is 0 Å². The highest BCUT2D eigenvalue weighted by Crippen LogP contribution is 2.16. The lowest BCUT2D eigenvalue weighted by Crippen LogP contribution is -2.25. The summed E-state index contributed by atoms with van der Waals surface area (Å²) < 4.78 is 18.7. The van der Waals surface area contributed by atoms with Crippen molar-refractivity contribution in [2.45, 2.75) is 19.3 Å². The molecule has 0 fully saturated rings. The highest BCUT2D eigenvalue weighted by Gasteiger charge is 2.09. The Bertz CT molecular complexity index is 833. The summed E-state index contributed by atoms with van der Waals surface area (Å²) in [5.74, 6) is 0.563. The van der Waals surface area contributed by atoms with Gasteiger partial charge >= 0.3 is 0 Å². The van der Waals surface area contributed by atoms with Crippen LogP contribution in [0.25, 0.3) is 11.5 Å². The molecular weight excluding hydrogens is 321 g/mol. The summed E-state index contributed by atoms with van der Waals surface area (Å²) >= 11 is 0. The Morgan fingerprint density at radius 2 is 1.88 bits per heavy atom. The topological polar surface area (TPSA) is 68.0 Å². The molecule has 0 unspecified atom stereocenters. The largest absolute Gasteiger partial charge is 0.421 e. The van der Waals surface area contributed by atoms with E-state index in [2.05, 4.69) is 15.5 Å². The molecule has 1 N–H and O–H groups in total. The number of carbonyl (C=O) groups is 1. The molecule has 25 heavy (non-hydrogen) atoms. The Labute approximate surface area is 144 Å². The van der Waals surface area contributed by atoms with Gasteiger partial charge in [0.2, 0.25) is 17.7 Å². The monoisotopic (exact) mass is 339 g/mol. The number of benzene rings is 2. The molecule has 1 amide bonds. The molecule has 3 rings (SSSR count). The van der Waals surface area contributed by atoms with Crippen molar-refractivity contribution in [2.75, 3.05) is 6.54 Å². The van der Waals surface area contributed by atoms with Crippen molar-refractivity contribution >= 4 is 5.91 Å². The fraction of sp³-hybridized carbons (Fsp3) is 0.211. The highest BCUT2D eigenvalue weighted by atomic mass is 19.1. The van der Waals surface area contributed by atoms with Gasteiger partial charge in [-0.25, -0.2) is 4.39 Å². The molecule has 0 saturated heterocycles. The van der Waals surface area contributed by atoms with Crippen molar-refractivity contribution < 1.29 is 13.6 Å². The van der Waals surface area contributed by atoms with E-state index in [1.165, 1.54) is 12.1 Å². The zero-order chi connectivity index (χ0) is 17.5. The van der Waals surface area contributed by atoms with Crippen LogP contribution in [0, 0.1) is 5.82 Å². The van der Waals surface area contributed by atoms with Gasteiger partial charge in [-0.1, -0.05) is 30.3 Å². The van der Waals surface area contributed by atoms with E-state index in [1.807, 2.05) is 30.3 Å². The van der Waals surface area contributed by atoms with Gasteiger partial charge in [0.05, 0.1) is 0 Å². The standard InChI is InChI=1S/C19H18FN3O2/c20-16-8-4-5-14(13-16)9-10-17(24)21-12-11-18-22-23-19(25-18)15-6-2-1-3-7-15/h1-8,13H,9-12H2,(H,21,24). The predicted molar refractivity (Wildman–Crippen MR) is 91.2 cm³/mol. The van der Waals surface area contributed by atoms with Gasteiger partial charge in [0.15, 0.2) is 0 Å². The molecule has 0 aliphatic rings. The number of nitrogens with zero attached hydrogens (tertiary/aromatic N) is 2. The average molecular weight is 339 g/mol. The average Bonchev–Trinajstić information content (AvgIpc) is 3.10. The van der Waals surface area contributed by atoms with Gasteiger partial charge in [0, 0.05) is 24.9 Å². The molecule has 0 radical (unpaired) electrons. The third-order valence-corrected chi connectivity index (χ3v) is 3.68. The maximum Gasteiger partial charge on any atom is 0.247 e. The van der Waals surface area contributed by atoms with Crippen molar-refractivity contribution in [1.29, 1.82) is 0 Å². The molecule has 128 valence electrons. The van der Waals surface area contributed by atoms with Crippen LogP contribution in [0.15, 0.2) is 59.0 Å². The van der Waals surface area contributed by atoms with Gasteiger partial charge in [0.1, 0.15) is 5.82 Å². The summed E-state index contributed by atoms with van der Waals surface area (Å²) in [5.41, 5.74) is 1.67. The van der Waals surface area contributed by atoms with Gasteiger partial charge in [-0.3, -0.25) is 4.79 Å². The molecule has 6 heteroatoms. The van der Waals surface area contributed by atoms with E-state index < -0.39 is 0 Å². The summed E-state index contributed by atoms with van der Waals surface area (Å²) in [6.07, 6.45) is 1.27. The van der Waals surface area contributed by atoms with E-state index in [4.69, 9.17) is 4.42 Å². The lowest BCUT2D eigenvalue weighted by Gasteiger charge is -2.04. The maximum atomic E-state index is 13.1. The molecule has 5 nitrogen and oxygen atoms in total. The molecule has 3 aromatic rings. The van der Waals surface area contributed by atoms with Crippen LogP contribution in [-0.4, -0.2) is 22.6 Å². The summed E-state index contributed by atoms with van der Waals surface area (Å²) in [4.78, 5) is 11.8. The Morgan fingerprint density at radius 1 is 1.04 bits per heavy atom. The van der Waals surface area contributed by atoms with Gasteiger partial charge in [-0.2, -0.15) is 0 Å². The van der Waals surface area contributed by atoms with E-state index >= 15 is 0 Å². The SMILES string of the molecule is O=C(CCc1cccc(F)c1)NCCc1nnc(-c2ccccc2)o1. The third kappa shape index (κ3) is 4.97. The fourth-order valence-corrected chi connectivity index (χ4v) is 2.40. The number of nitrogens with one attached hydrogen (secondary N) is 1. The number of rotatable bonds is 7. The molecular formula is C19H18FN3O2. The molecule has 0 aliphatic carbocycles. The summed E-state index contributed by atoms with van der Waals surface area (Å²) in [7, 11) is 0. The first-order valence-corrected chi connectivity index (χ1v) is 8.09. The van der Waals surface area contributed by atoms with E-state index in [-0.39, 0.29) is 11.7 Å². The minimum Gasteiger partial charge on any atom is -0.421 e. The lowest BCUT2D eigenvalue weighted by molar-refractivity contribution is -0.121. The first-order chi connectivity index (χ1) is 12.2. The zero-order valence-electron chi connectivity index (χ0n) is 13.6. The molecule has 0 bridgehead atoms. The van der Waals surface area contributed by atoms with Crippen molar-refractivity contribution in [3.05, 3.63) is 71.9 Å². The van der Waals surface area contributed by atoms with Crippen LogP contribution < -0.4 is 5.32 Å². The van der Waals surface area contributed by atoms with Crippen molar-refractivity contribution in [2.24, 2.45) is 0 Å². The molecule has 0 aliphatic heterocycles. The summed E-state index contributed by atoms with van der Waals surface area (Å²) in [6, 6.07) is 15.8. The smallest absolute Gasteiger partial charge is 0.247 e. The van der Waals surface area contributed by atoms with E-state index in [0.29, 0.717) is 37.6 Å². The highest BCUT2D eigenvalue weighted by molar-refractivity contribution is 5.76. The second kappa shape index (κ2) is 8.19. The first-order valence-electron chi connectivity index (χ1n) is 8.09. The van der Waals surface area contributed by atoms with Crippen LogP contribution in [0.2, 0.25) is 0 Å². The Balaban J connectivity index is 1.42. The number of hydrogen-bond acceptors (Lipinski definition) is 4. The minimum absolute atomic E-state index is 0.0907. The second-order valence-electron chi connectivity index (χ2n) is 5.60. The molecule has 0 atom stereocenters. The number of halogens is 1. The number of aromatic nitrogens is 2. The fourth-order valence-electron chi connectivity index (χ4n) is 2.40. The van der Waals surface area contributed by atoms with E-state index in [0.717, 1.165) is 11.1 Å². The predicted octanol–water partition coefficient (Wildman–Crippen LogP) is 3.17. The molecule has 0 saturated carbocycles. The van der Waals surface area contributed by atoms with E-state index in [1.54, 1.807) is 12.1 Å². The van der Waals surface area contributed by atoms with Gasteiger partial charge in [-0.05, 0) is 36.2 Å². The van der Waals surface area contributed by atoms with Crippen molar-refractivity contribution in [3.63, 3.8) is 0 Å². The first kappa shape index (κ1) is 16.8. The maximum absolute atomic E-state index is 13.1. The molecule has 1 aromatic heterocycles. The lowest BCUT2D eigenvalue weighted by atomic mass is 10.1. The van der Waals surface area contributed by atoms with Gasteiger partial charge in [-0.15, -0.1) is 10.2 Å². The molecule has 2 aromatic carbocycles. The van der Waals surface area contributed by atoms with Crippen LogP contribution in [-0.2, 0) is 17.6 Å². The number of carbonyl (C=O) groups excluding carboxylic acids is 1. The Morgan fingerprint density at radius 3 is 2.68 bits per heavy atom. The zero-order valence-corrected chi connectivity index (χ0v) is 13.6. The third-order valence-electron chi connectivity index (χ3n) is 3.68.